The second-order valence-corrected chi connectivity index (χ2v) is 4.92. The predicted octanol–water partition coefficient (Wildman–Crippen LogP) is 3.92. The molecule has 2 nitrogen and oxygen atoms in total. The molecule has 1 aromatic carbocycles. The summed E-state index contributed by atoms with van der Waals surface area (Å²) in [6.45, 7) is 10.8. The van der Waals surface area contributed by atoms with E-state index in [1.54, 1.807) is 0 Å². The van der Waals surface area contributed by atoms with Gasteiger partial charge in [-0.2, -0.15) is 0 Å². The largest absolute Gasteiger partial charge is 0.490 e. The van der Waals surface area contributed by atoms with E-state index in [2.05, 4.69) is 58.1 Å². The molecule has 0 fully saturated rings. The van der Waals surface area contributed by atoms with Crippen LogP contribution in [0.5, 0.6) is 5.75 Å². The SMILES string of the molecule is CC[C@H](C)Oc1ccccc1[C@H](C)NC(C)C. The molecule has 1 rings (SSSR count). The second-order valence-electron chi connectivity index (χ2n) is 4.92. The zero-order valence-electron chi connectivity index (χ0n) is 11.7. The quantitative estimate of drug-likeness (QED) is 0.807. The maximum atomic E-state index is 5.96. The number of ether oxygens (including phenoxy) is 1. The van der Waals surface area contributed by atoms with Crippen LogP contribution < -0.4 is 10.1 Å². The van der Waals surface area contributed by atoms with Crippen LogP contribution in [0.1, 0.15) is 52.6 Å². The fourth-order valence-electron chi connectivity index (χ4n) is 1.84. The first-order chi connectivity index (χ1) is 8.04. The molecule has 1 N–H and O–H groups in total. The maximum Gasteiger partial charge on any atom is 0.124 e. The average Bonchev–Trinajstić information content (AvgIpc) is 2.28. The van der Waals surface area contributed by atoms with Gasteiger partial charge in [0, 0.05) is 17.6 Å². The summed E-state index contributed by atoms with van der Waals surface area (Å²) in [6, 6.07) is 9.08. The first-order valence-electron chi connectivity index (χ1n) is 6.56. The van der Waals surface area contributed by atoms with Gasteiger partial charge in [0.25, 0.3) is 0 Å². The lowest BCUT2D eigenvalue weighted by Crippen LogP contribution is -2.26. The van der Waals surface area contributed by atoms with E-state index in [0.29, 0.717) is 12.1 Å². The van der Waals surface area contributed by atoms with Crippen molar-refractivity contribution in [1.29, 1.82) is 0 Å². The lowest BCUT2D eigenvalue weighted by Gasteiger charge is -2.22. The molecule has 17 heavy (non-hydrogen) atoms. The van der Waals surface area contributed by atoms with Crippen LogP contribution in [0, 0.1) is 0 Å². The molecule has 0 spiro atoms. The van der Waals surface area contributed by atoms with Crippen molar-refractivity contribution in [2.75, 3.05) is 0 Å². The third-order valence-corrected chi connectivity index (χ3v) is 2.87. The van der Waals surface area contributed by atoms with Gasteiger partial charge in [-0.3, -0.25) is 0 Å². The smallest absolute Gasteiger partial charge is 0.124 e. The molecule has 0 radical (unpaired) electrons. The van der Waals surface area contributed by atoms with E-state index in [9.17, 15) is 0 Å². The maximum absolute atomic E-state index is 5.96. The molecule has 96 valence electrons. The number of hydrogen-bond acceptors (Lipinski definition) is 2. The lowest BCUT2D eigenvalue weighted by molar-refractivity contribution is 0.213. The van der Waals surface area contributed by atoms with Crippen LogP contribution in [0.25, 0.3) is 0 Å². The van der Waals surface area contributed by atoms with Crippen LogP contribution in [0.15, 0.2) is 24.3 Å². The first-order valence-corrected chi connectivity index (χ1v) is 6.56. The highest BCUT2D eigenvalue weighted by atomic mass is 16.5. The van der Waals surface area contributed by atoms with Crippen molar-refractivity contribution in [3.63, 3.8) is 0 Å². The molecule has 2 heteroatoms. The van der Waals surface area contributed by atoms with Crippen molar-refractivity contribution >= 4 is 0 Å². The minimum Gasteiger partial charge on any atom is -0.490 e. The van der Waals surface area contributed by atoms with Crippen molar-refractivity contribution in [3.8, 4) is 5.75 Å². The molecule has 0 heterocycles. The van der Waals surface area contributed by atoms with E-state index in [4.69, 9.17) is 4.74 Å². The van der Waals surface area contributed by atoms with E-state index < -0.39 is 0 Å². The average molecular weight is 235 g/mol. The minimum absolute atomic E-state index is 0.266. The molecule has 0 bridgehead atoms. The Morgan fingerprint density at radius 3 is 2.35 bits per heavy atom. The summed E-state index contributed by atoms with van der Waals surface area (Å²) < 4.78 is 5.96. The Bertz CT molecular complexity index is 335. The second kappa shape index (κ2) is 6.65. The zero-order chi connectivity index (χ0) is 12.8. The van der Waals surface area contributed by atoms with Gasteiger partial charge in [0.1, 0.15) is 5.75 Å². The summed E-state index contributed by atoms with van der Waals surface area (Å²) in [6.07, 6.45) is 1.29. The predicted molar refractivity (Wildman–Crippen MR) is 73.5 cm³/mol. The normalized spacial score (nSPS) is 14.7. The molecule has 2 atom stereocenters. The number of rotatable bonds is 6. The Balaban J connectivity index is 2.83. The van der Waals surface area contributed by atoms with Gasteiger partial charge in [-0.15, -0.1) is 0 Å². The summed E-state index contributed by atoms with van der Waals surface area (Å²) in [4.78, 5) is 0. The van der Waals surface area contributed by atoms with Gasteiger partial charge in [-0.05, 0) is 26.3 Å². The third kappa shape index (κ3) is 4.39. The Hall–Kier alpha value is -1.02. The lowest BCUT2D eigenvalue weighted by atomic mass is 10.1. The van der Waals surface area contributed by atoms with Gasteiger partial charge in [-0.25, -0.2) is 0 Å². The fraction of sp³-hybridized carbons (Fsp3) is 0.600. The summed E-state index contributed by atoms with van der Waals surface area (Å²) in [5.41, 5.74) is 1.24. The van der Waals surface area contributed by atoms with E-state index in [1.807, 2.05) is 6.07 Å². The van der Waals surface area contributed by atoms with Crippen molar-refractivity contribution in [3.05, 3.63) is 29.8 Å². The molecule has 0 aliphatic heterocycles. The van der Waals surface area contributed by atoms with E-state index in [1.165, 1.54) is 5.56 Å². The van der Waals surface area contributed by atoms with Crippen LogP contribution in [-0.2, 0) is 0 Å². The summed E-state index contributed by atoms with van der Waals surface area (Å²) in [7, 11) is 0. The minimum atomic E-state index is 0.266. The number of nitrogens with one attached hydrogen (secondary N) is 1. The third-order valence-electron chi connectivity index (χ3n) is 2.87. The van der Waals surface area contributed by atoms with E-state index in [-0.39, 0.29) is 6.10 Å². The molecule has 0 aliphatic rings. The number of para-hydroxylation sites is 1. The molecule has 0 unspecified atom stereocenters. The highest BCUT2D eigenvalue weighted by Gasteiger charge is 2.13. The molecular formula is C15H25NO. The van der Waals surface area contributed by atoms with Gasteiger partial charge >= 0.3 is 0 Å². The van der Waals surface area contributed by atoms with Crippen molar-refractivity contribution in [2.24, 2.45) is 0 Å². The molecule has 0 amide bonds. The highest BCUT2D eigenvalue weighted by molar-refractivity contribution is 5.35. The van der Waals surface area contributed by atoms with Crippen LogP contribution in [0.3, 0.4) is 0 Å². The van der Waals surface area contributed by atoms with Gasteiger partial charge < -0.3 is 10.1 Å². The molecule has 1 aromatic rings. The molecular weight excluding hydrogens is 210 g/mol. The highest BCUT2D eigenvalue weighted by Crippen LogP contribution is 2.26. The van der Waals surface area contributed by atoms with Crippen LogP contribution in [0.2, 0.25) is 0 Å². The Morgan fingerprint density at radius 2 is 1.76 bits per heavy atom. The Kier molecular flexibility index (Phi) is 5.49. The summed E-state index contributed by atoms with van der Waals surface area (Å²) in [5, 5.41) is 3.51. The van der Waals surface area contributed by atoms with Gasteiger partial charge in [0.15, 0.2) is 0 Å². The number of benzene rings is 1. The van der Waals surface area contributed by atoms with Gasteiger partial charge in [0.2, 0.25) is 0 Å². The number of hydrogen-bond donors (Lipinski definition) is 1. The first kappa shape index (κ1) is 14.0. The van der Waals surface area contributed by atoms with Gasteiger partial charge in [-0.1, -0.05) is 39.0 Å². The van der Waals surface area contributed by atoms with Crippen LogP contribution in [-0.4, -0.2) is 12.1 Å². The van der Waals surface area contributed by atoms with E-state index >= 15 is 0 Å². The zero-order valence-corrected chi connectivity index (χ0v) is 11.7. The summed E-state index contributed by atoms with van der Waals surface area (Å²) >= 11 is 0. The molecule has 0 aliphatic carbocycles. The monoisotopic (exact) mass is 235 g/mol. The molecule has 0 aromatic heterocycles. The van der Waals surface area contributed by atoms with Crippen molar-refractivity contribution in [1.82, 2.24) is 5.32 Å². The van der Waals surface area contributed by atoms with Crippen LogP contribution >= 0.6 is 0 Å². The van der Waals surface area contributed by atoms with Crippen LogP contribution in [0.4, 0.5) is 0 Å². The Labute approximate surface area is 105 Å². The fourth-order valence-corrected chi connectivity index (χ4v) is 1.84. The summed E-state index contributed by atoms with van der Waals surface area (Å²) in [5.74, 6) is 1.00. The van der Waals surface area contributed by atoms with E-state index in [0.717, 1.165) is 12.2 Å². The van der Waals surface area contributed by atoms with Crippen molar-refractivity contribution in [2.45, 2.75) is 59.2 Å². The molecule has 0 saturated heterocycles. The molecule has 0 saturated carbocycles. The standard InChI is InChI=1S/C15H25NO/c1-6-12(4)17-15-10-8-7-9-14(15)13(5)16-11(2)3/h7-13,16H,6H2,1-5H3/t12-,13-/m0/s1. The van der Waals surface area contributed by atoms with Gasteiger partial charge in [0.05, 0.1) is 6.10 Å². The Morgan fingerprint density at radius 1 is 1.12 bits per heavy atom. The van der Waals surface area contributed by atoms with Crippen molar-refractivity contribution < 1.29 is 4.74 Å². The topological polar surface area (TPSA) is 21.3 Å².